The second kappa shape index (κ2) is 14.6. The topological polar surface area (TPSA) is 121 Å². The molecule has 2 aromatic carbocycles. The molecule has 0 bridgehead atoms. The molecule has 7 rings (SSSR count). The molecule has 3 aliphatic rings. The highest BCUT2D eigenvalue weighted by atomic mass is 28.3. The van der Waals surface area contributed by atoms with Gasteiger partial charge in [0.2, 0.25) is 0 Å². The molecule has 0 amide bonds. The molecular weight excluding hydrogens is 710 g/mol. The van der Waals surface area contributed by atoms with Crippen LogP contribution >= 0.6 is 0 Å². The summed E-state index contributed by atoms with van der Waals surface area (Å²) in [6.45, 7) is 14.9. The monoisotopic (exact) mass is 760 g/mol. The fourth-order valence-electron chi connectivity index (χ4n) is 9.78. The Kier molecular flexibility index (Phi) is 10.4. The largest absolute Gasteiger partial charge is 0.508 e. The smallest absolute Gasteiger partial charge is 0.319 e. The zero-order chi connectivity index (χ0) is 38.7. The predicted octanol–water partition coefficient (Wildman–Crippen LogP) is 7.25. The van der Waals surface area contributed by atoms with Gasteiger partial charge in [0, 0.05) is 49.2 Å². The number of β-amino-alcohol motifs (C(OH)–C–C–N with tert-alkyl or cyclic N) is 1. The summed E-state index contributed by atoms with van der Waals surface area (Å²) in [5, 5.41) is 22.6. The number of rotatable bonds is 8. The minimum absolute atomic E-state index is 0.0959. The molecule has 288 valence electrons. The number of nitrogens with two attached hydrogens (primary N) is 1. The van der Waals surface area contributed by atoms with Gasteiger partial charge in [0.05, 0.1) is 22.6 Å². The molecule has 3 saturated heterocycles. The van der Waals surface area contributed by atoms with Gasteiger partial charge < -0.3 is 25.6 Å². The number of pyridine rings is 1. The minimum atomic E-state index is -2.30. The molecule has 0 aliphatic carbocycles. The SMILES string of the molecule is CC(C)[Si](C#Cc1c(F)ccc2cc(O)cc(-c3ncc4c(N5C[C@@H](N)C[C@H](O)C5)nc(OC[C@@]56CCCN5C[C@H](F)C6)nc4c3F)c12)(C(C)C)C(C)C. The summed E-state index contributed by atoms with van der Waals surface area (Å²) >= 11 is 0. The van der Waals surface area contributed by atoms with Gasteiger partial charge >= 0.3 is 6.01 Å². The third-order valence-electron chi connectivity index (χ3n) is 12.2. The molecule has 5 heterocycles. The van der Waals surface area contributed by atoms with Crippen molar-refractivity contribution in [3.63, 3.8) is 0 Å². The van der Waals surface area contributed by atoms with Gasteiger partial charge in [-0.25, -0.2) is 13.2 Å². The first-order chi connectivity index (χ1) is 25.6. The maximum absolute atomic E-state index is 17.3. The minimum Gasteiger partial charge on any atom is -0.508 e. The number of phenolic OH excluding ortho intramolecular Hbond substituents is 1. The molecule has 4 N–H and O–H groups in total. The van der Waals surface area contributed by atoms with E-state index in [-0.39, 0.29) is 58.7 Å². The number of benzene rings is 2. The van der Waals surface area contributed by atoms with Crippen molar-refractivity contribution < 1.29 is 28.1 Å². The normalized spacial score (nSPS) is 23.5. The second-order valence-corrected chi connectivity index (χ2v) is 22.2. The summed E-state index contributed by atoms with van der Waals surface area (Å²) in [7, 11) is -2.30. The summed E-state index contributed by atoms with van der Waals surface area (Å²) in [6, 6.07) is 5.30. The molecule has 2 aromatic heterocycles. The molecule has 3 aliphatic heterocycles. The Hall–Kier alpha value is -3.96. The summed E-state index contributed by atoms with van der Waals surface area (Å²) < 4.78 is 54.1. The van der Waals surface area contributed by atoms with Crippen molar-refractivity contribution in [2.45, 2.75) is 108 Å². The van der Waals surface area contributed by atoms with E-state index in [2.05, 4.69) is 67.9 Å². The number of aromatic nitrogens is 3. The van der Waals surface area contributed by atoms with Crippen LogP contribution in [-0.2, 0) is 0 Å². The van der Waals surface area contributed by atoms with Crippen molar-refractivity contribution in [3.8, 4) is 34.5 Å². The van der Waals surface area contributed by atoms with Crippen LogP contribution < -0.4 is 15.4 Å². The molecule has 13 heteroatoms. The highest BCUT2D eigenvalue weighted by Gasteiger charge is 2.49. The lowest BCUT2D eigenvalue weighted by molar-refractivity contribution is 0.107. The standard InChI is InChI=1S/C41H51F3N6O3Si/c1-23(2)54(24(3)4,25(5)6)13-10-31-34(43)9-8-26-14-29(51)16-32(35(26)31)37-36(44)38-33(18-46-37)39(49-20-28(45)15-30(52)21-49)48-40(47-38)53-22-41-11-7-12-50(41)19-27(42)17-41/h8-9,14,16,18,23-25,27-28,30,51-52H,7,11-12,15,17,19-22,45H2,1-6H3/t27-,28+,30+,41+/m1/s1. The van der Waals surface area contributed by atoms with E-state index in [0.717, 1.165) is 19.4 Å². The number of hydrogen-bond acceptors (Lipinski definition) is 9. The molecule has 0 saturated carbocycles. The van der Waals surface area contributed by atoms with Crippen molar-refractivity contribution in [3.05, 3.63) is 47.7 Å². The Bertz CT molecular complexity index is 2110. The third kappa shape index (κ3) is 6.69. The Balaban J connectivity index is 1.41. The first-order valence-electron chi connectivity index (χ1n) is 19.2. The molecule has 3 fully saturated rings. The van der Waals surface area contributed by atoms with Gasteiger partial charge in [-0.1, -0.05) is 53.5 Å². The number of halogens is 3. The number of anilines is 1. The van der Waals surface area contributed by atoms with Crippen molar-refractivity contribution in [2.75, 3.05) is 37.7 Å². The van der Waals surface area contributed by atoms with Crippen LogP contribution in [0.25, 0.3) is 32.9 Å². The van der Waals surface area contributed by atoms with Crippen molar-refractivity contribution in [1.29, 1.82) is 0 Å². The summed E-state index contributed by atoms with van der Waals surface area (Å²) in [6.07, 6.45) is 2.20. The van der Waals surface area contributed by atoms with Crippen molar-refractivity contribution in [2.24, 2.45) is 5.73 Å². The number of aliphatic hydroxyl groups is 1. The Morgan fingerprint density at radius 1 is 1.06 bits per heavy atom. The maximum atomic E-state index is 17.3. The van der Waals surface area contributed by atoms with Gasteiger partial charge in [-0.3, -0.25) is 9.88 Å². The highest BCUT2D eigenvalue weighted by Crippen LogP contribution is 2.43. The molecule has 54 heavy (non-hydrogen) atoms. The number of aliphatic hydroxyl groups excluding tert-OH is 1. The van der Waals surface area contributed by atoms with E-state index >= 15 is 8.78 Å². The van der Waals surface area contributed by atoms with E-state index in [1.54, 1.807) is 11.0 Å². The van der Waals surface area contributed by atoms with Crippen LogP contribution in [0.3, 0.4) is 0 Å². The molecule has 0 spiro atoms. The average molecular weight is 761 g/mol. The van der Waals surface area contributed by atoms with Crippen LogP contribution in [0.5, 0.6) is 11.8 Å². The first-order valence-corrected chi connectivity index (χ1v) is 21.4. The first kappa shape index (κ1) is 38.3. The zero-order valence-electron chi connectivity index (χ0n) is 32.0. The van der Waals surface area contributed by atoms with E-state index in [0.29, 0.717) is 59.1 Å². The maximum Gasteiger partial charge on any atom is 0.319 e. The summed E-state index contributed by atoms with van der Waals surface area (Å²) in [4.78, 5) is 17.8. The quantitative estimate of drug-likeness (QED) is 0.126. The number of alkyl halides is 1. The fraction of sp³-hybridized carbons (Fsp3) is 0.537. The number of aromatic hydroxyl groups is 1. The Labute approximate surface area is 316 Å². The molecule has 0 unspecified atom stereocenters. The zero-order valence-corrected chi connectivity index (χ0v) is 33.0. The Morgan fingerprint density at radius 2 is 1.80 bits per heavy atom. The van der Waals surface area contributed by atoms with Crippen LogP contribution in [0, 0.1) is 23.1 Å². The van der Waals surface area contributed by atoms with E-state index in [1.807, 2.05) is 0 Å². The molecule has 0 radical (unpaired) electrons. The van der Waals surface area contributed by atoms with Gasteiger partial charge in [0.15, 0.2) is 5.82 Å². The van der Waals surface area contributed by atoms with Gasteiger partial charge in [0.1, 0.15) is 49.4 Å². The molecular formula is C41H51F3N6O3Si. The second-order valence-electron chi connectivity index (χ2n) is 16.6. The van der Waals surface area contributed by atoms with Crippen LogP contribution in [0.1, 0.15) is 72.8 Å². The highest BCUT2D eigenvalue weighted by molar-refractivity contribution is 6.90. The van der Waals surface area contributed by atoms with Crippen LogP contribution in [-0.4, -0.2) is 94.8 Å². The van der Waals surface area contributed by atoms with Gasteiger partial charge in [-0.05, 0) is 66.0 Å². The number of phenols is 1. The van der Waals surface area contributed by atoms with Crippen LogP contribution in [0.15, 0.2) is 30.5 Å². The lowest BCUT2D eigenvalue weighted by Gasteiger charge is -2.38. The summed E-state index contributed by atoms with van der Waals surface area (Å²) in [5.41, 5.74) is 10.3. The fourth-order valence-corrected chi connectivity index (χ4v) is 15.0. The van der Waals surface area contributed by atoms with Gasteiger partial charge in [-0.2, -0.15) is 9.97 Å². The molecule has 9 nitrogen and oxygen atoms in total. The van der Waals surface area contributed by atoms with E-state index < -0.39 is 37.5 Å². The number of fused-ring (bicyclic) bond motifs is 3. The summed E-state index contributed by atoms with van der Waals surface area (Å²) in [5.74, 6) is 2.03. The lowest BCUT2D eigenvalue weighted by Crippen LogP contribution is -2.49. The van der Waals surface area contributed by atoms with E-state index in [9.17, 15) is 14.6 Å². The predicted molar refractivity (Wildman–Crippen MR) is 209 cm³/mol. The van der Waals surface area contributed by atoms with Crippen molar-refractivity contribution in [1.82, 2.24) is 19.9 Å². The third-order valence-corrected chi connectivity index (χ3v) is 18.5. The molecule has 4 aromatic rings. The van der Waals surface area contributed by atoms with Crippen LogP contribution in [0.2, 0.25) is 16.6 Å². The van der Waals surface area contributed by atoms with E-state index in [1.165, 1.54) is 24.4 Å². The molecule has 4 atom stereocenters. The Morgan fingerprint density at radius 3 is 2.50 bits per heavy atom. The average Bonchev–Trinajstić information content (AvgIpc) is 3.63. The van der Waals surface area contributed by atoms with Crippen molar-refractivity contribution >= 4 is 35.6 Å². The van der Waals surface area contributed by atoms with Gasteiger partial charge in [0.25, 0.3) is 0 Å². The number of piperidine rings is 1. The number of ether oxygens (including phenoxy) is 1. The van der Waals surface area contributed by atoms with Gasteiger partial charge in [-0.15, -0.1) is 5.54 Å². The number of nitrogens with zero attached hydrogens (tertiary/aromatic N) is 5. The van der Waals surface area contributed by atoms with Crippen LogP contribution in [0.4, 0.5) is 19.0 Å². The lowest BCUT2D eigenvalue weighted by atomic mass is 9.95. The number of hydrogen-bond donors (Lipinski definition) is 3. The van der Waals surface area contributed by atoms with E-state index in [4.69, 9.17) is 15.5 Å².